The van der Waals surface area contributed by atoms with Crippen molar-refractivity contribution < 1.29 is 17.9 Å². The van der Waals surface area contributed by atoms with Gasteiger partial charge in [-0.25, -0.2) is 9.97 Å². The molecule has 1 aliphatic heterocycles. The number of hydrogen-bond acceptors (Lipinski definition) is 6. The Morgan fingerprint density at radius 3 is 2.52 bits per heavy atom. The molecule has 9 heteroatoms. The fourth-order valence-electron chi connectivity index (χ4n) is 2.89. The molecule has 2 aromatic rings. The van der Waals surface area contributed by atoms with Gasteiger partial charge in [-0.05, 0) is 19.1 Å². The highest BCUT2D eigenvalue weighted by atomic mass is 19.4. The van der Waals surface area contributed by atoms with Crippen LogP contribution in [0.25, 0.3) is 11.5 Å². The monoisotopic (exact) mass is 381 g/mol. The van der Waals surface area contributed by atoms with Crippen molar-refractivity contribution >= 4 is 5.82 Å². The Bertz CT molecular complexity index is 734. The third-order valence-corrected chi connectivity index (χ3v) is 4.35. The average Bonchev–Trinajstić information content (AvgIpc) is 2.68. The molecule has 146 valence electrons. The van der Waals surface area contributed by atoms with Crippen molar-refractivity contribution in [2.45, 2.75) is 13.1 Å². The molecular formula is C18H22F3N5O. The lowest BCUT2D eigenvalue weighted by atomic mass is 10.2. The molecule has 0 unspecified atom stereocenters. The minimum Gasteiger partial charge on any atom is -0.380 e. The zero-order chi connectivity index (χ0) is 19.3. The number of nitrogens with zero attached hydrogens (tertiary/aromatic N) is 5. The van der Waals surface area contributed by atoms with E-state index in [0.717, 1.165) is 25.7 Å². The number of pyridine rings is 1. The van der Waals surface area contributed by atoms with Crippen LogP contribution in [0, 0.1) is 0 Å². The van der Waals surface area contributed by atoms with Gasteiger partial charge in [-0.1, -0.05) is 6.07 Å². The molecule has 0 aromatic carbocycles. The number of anilines is 1. The normalized spacial score (nSPS) is 15.9. The molecule has 0 aliphatic carbocycles. The number of rotatable bonds is 6. The third-order valence-electron chi connectivity index (χ3n) is 4.35. The second-order valence-electron chi connectivity index (χ2n) is 6.17. The summed E-state index contributed by atoms with van der Waals surface area (Å²) in [6, 6.07) is 6.01. The lowest BCUT2D eigenvalue weighted by molar-refractivity contribution is -0.141. The summed E-state index contributed by atoms with van der Waals surface area (Å²) in [5.41, 5.74) is -0.632. The van der Waals surface area contributed by atoms with Crippen molar-refractivity contribution in [3.63, 3.8) is 0 Å². The van der Waals surface area contributed by atoms with E-state index in [0.29, 0.717) is 32.0 Å². The predicted molar refractivity (Wildman–Crippen MR) is 95.4 cm³/mol. The van der Waals surface area contributed by atoms with E-state index in [1.807, 2.05) is 11.8 Å². The fraction of sp³-hybridized carbons (Fsp3) is 0.500. The molecule has 2 aromatic heterocycles. The van der Waals surface area contributed by atoms with Gasteiger partial charge in [-0.2, -0.15) is 13.2 Å². The molecule has 0 saturated carbocycles. The van der Waals surface area contributed by atoms with Gasteiger partial charge in [0, 0.05) is 51.6 Å². The molecule has 0 bridgehead atoms. The van der Waals surface area contributed by atoms with E-state index in [2.05, 4.69) is 19.9 Å². The van der Waals surface area contributed by atoms with E-state index >= 15 is 0 Å². The van der Waals surface area contributed by atoms with Crippen LogP contribution < -0.4 is 4.90 Å². The van der Waals surface area contributed by atoms with Gasteiger partial charge in [0.1, 0.15) is 11.5 Å². The first-order chi connectivity index (χ1) is 13.0. The molecule has 1 saturated heterocycles. The highest BCUT2D eigenvalue weighted by Crippen LogP contribution is 2.31. The largest absolute Gasteiger partial charge is 0.433 e. The molecule has 3 heterocycles. The summed E-state index contributed by atoms with van der Waals surface area (Å²) in [6.07, 6.45) is -3.03. The number of aromatic nitrogens is 3. The lowest BCUT2D eigenvalue weighted by Gasteiger charge is -2.35. The third kappa shape index (κ3) is 5.14. The molecule has 1 fully saturated rings. The van der Waals surface area contributed by atoms with Crippen molar-refractivity contribution in [2.24, 2.45) is 0 Å². The number of hydrogen-bond donors (Lipinski definition) is 0. The Balaban J connectivity index is 1.79. The number of piperazine rings is 1. The quantitative estimate of drug-likeness (QED) is 0.718. The Morgan fingerprint density at radius 2 is 1.89 bits per heavy atom. The maximum Gasteiger partial charge on any atom is 0.433 e. The van der Waals surface area contributed by atoms with Crippen LogP contribution in [0.4, 0.5) is 19.0 Å². The number of halogens is 3. The molecule has 0 atom stereocenters. The van der Waals surface area contributed by atoms with Gasteiger partial charge >= 0.3 is 6.18 Å². The Labute approximate surface area is 156 Å². The zero-order valence-electron chi connectivity index (χ0n) is 15.1. The van der Waals surface area contributed by atoms with Crippen LogP contribution in [-0.4, -0.2) is 65.8 Å². The Kier molecular flexibility index (Phi) is 6.22. The Hall–Kier alpha value is -2.26. The first kappa shape index (κ1) is 19.5. The predicted octanol–water partition coefficient (Wildman–Crippen LogP) is 2.72. The van der Waals surface area contributed by atoms with Crippen LogP contribution in [0.3, 0.4) is 0 Å². The van der Waals surface area contributed by atoms with E-state index in [9.17, 15) is 13.2 Å². The first-order valence-electron chi connectivity index (χ1n) is 8.90. The summed E-state index contributed by atoms with van der Waals surface area (Å²) in [6.45, 7) is 6.80. The molecule has 6 nitrogen and oxygen atoms in total. The van der Waals surface area contributed by atoms with Crippen LogP contribution in [0.1, 0.15) is 12.6 Å². The molecule has 0 spiro atoms. The Morgan fingerprint density at radius 1 is 1.11 bits per heavy atom. The highest BCUT2D eigenvalue weighted by molar-refractivity contribution is 5.54. The summed E-state index contributed by atoms with van der Waals surface area (Å²) < 4.78 is 45.3. The van der Waals surface area contributed by atoms with Gasteiger partial charge in [-0.3, -0.25) is 9.88 Å². The van der Waals surface area contributed by atoms with Crippen molar-refractivity contribution in [2.75, 3.05) is 50.8 Å². The number of ether oxygens (including phenoxy) is 1. The molecule has 3 rings (SSSR count). The van der Waals surface area contributed by atoms with E-state index in [-0.39, 0.29) is 11.6 Å². The summed E-state index contributed by atoms with van der Waals surface area (Å²) in [7, 11) is 0. The van der Waals surface area contributed by atoms with Crippen LogP contribution in [0.2, 0.25) is 0 Å². The summed E-state index contributed by atoms with van der Waals surface area (Å²) in [5.74, 6) is 0.265. The molecule has 0 N–H and O–H groups in total. The van der Waals surface area contributed by atoms with E-state index in [1.165, 1.54) is 6.20 Å². The zero-order valence-corrected chi connectivity index (χ0v) is 15.1. The van der Waals surface area contributed by atoms with Crippen molar-refractivity contribution in [3.05, 3.63) is 36.2 Å². The maximum absolute atomic E-state index is 13.3. The van der Waals surface area contributed by atoms with Crippen LogP contribution >= 0.6 is 0 Å². The number of alkyl halides is 3. The van der Waals surface area contributed by atoms with Gasteiger partial charge < -0.3 is 9.64 Å². The summed E-state index contributed by atoms with van der Waals surface area (Å²) >= 11 is 0. The van der Waals surface area contributed by atoms with Crippen molar-refractivity contribution in [1.82, 2.24) is 19.9 Å². The van der Waals surface area contributed by atoms with Gasteiger partial charge in [0.25, 0.3) is 0 Å². The highest BCUT2D eigenvalue weighted by Gasteiger charge is 2.34. The molecular weight excluding hydrogens is 359 g/mol. The van der Waals surface area contributed by atoms with E-state index < -0.39 is 11.9 Å². The van der Waals surface area contributed by atoms with E-state index in [4.69, 9.17) is 4.74 Å². The topological polar surface area (TPSA) is 54.4 Å². The van der Waals surface area contributed by atoms with Crippen molar-refractivity contribution in [1.29, 1.82) is 0 Å². The standard InChI is InChI=1S/C18H22F3N5O/c1-2-27-12-11-25-7-9-26(10-8-25)16-13-15(18(19,20)21)23-17(24-16)14-5-3-4-6-22-14/h3-6,13H,2,7-12H2,1H3. The SMILES string of the molecule is CCOCCN1CCN(c2cc(C(F)(F)F)nc(-c3ccccn3)n2)CC1. The maximum atomic E-state index is 13.3. The molecule has 0 radical (unpaired) electrons. The summed E-state index contributed by atoms with van der Waals surface area (Å²) in [5, 5.41) is 0. The van der Waals surface area contributed by atoms with Gasteiger partial charge in [0.2, 0.25) is 0 Å². The first-order valence-corrected chi connectivity index (χ1v) is 8.90. The molecule has 27 heavy (non-hydrogen) atoms. The van der Waals surface area contributed by atoms with Gasteiger partial charge in [0.15, 0.2) is 11.5 Å². The van der Waals surface area contributed by atoms with Crippen LogP contribution in [0.15, 0.2) is 30.5 Å². The molecule has 1 aliphatic rings. The van der Waals surface area contributed by atoms with Crippen LogP contribution in [0.5, 0.6) is 0 Å². The second kappa shape index (κ2) is 8.62. The smallest absolute Gasteiger partial charge is 0.380 e. The average molecular weight is 381 g/mol. The fourth-order valence-corrected chi connectivity index (χ4v) is 2.89. The molecule has 0 amide bonds. The minimum absolute atomic E-state index is 0.0146. The van der Waals surface area contributed by atoms with Crippen LogP contribution in [-0.2, 0) is 10.9 Å². The van der Waals surface area contributed by atoms with Crippen molar-refractivity contribution in [3.8, 4) is 11.5 Å². The van der Waals surface area contributed by atoms with Gasteiger partial charge in [0.05, 0.1) is 6.61 Å². The summed E-state index contributed by atoms with van der Waals surface area (Å²) in [4.78, 5) is 16.2. The van der Waals surface area contributed by atoms with E-state index in [1.54, 1.807) is 18.2 Å². The van der Waals surface area contributed by atoms with Gasteiger partial charge in [-0.15, -0.1) is 0 Å². The minimum atomic E-state index is -4.54. The second-order valence-corrected chi connectivity index (χ2v) is 6.17. The lowest BCUT2D eigenvalue weighted by Crippen LogP contribution is -2.47.